The molecule has 2 aromatic carbocycles. The molecule has 0 bridgehead atoms. The minimum Gasteiger partial charge on any atom is -0.494 e. The summed E-state index contributed by atoms with van der Waals surface area (Å²) in [6.07, 6.45) is 6.38. The number of piperidine rings is 1. The van der Waals surface area contributed by atoms with Crippen LogP contribution in [0.25, 0.3) is 0 Å². The summed E-state index contributed by atoms with van der Waals surface area (Å²) in [6, 6.07) is 13.9. The van der Waals surface area contributed by atoms with Gasteiger partial charge in [0.1, 0.15) is 29.5 Å². The van der Waals surface area contributed by atoms with Crippen molar-refractivity contribution in [2.24, 2.45) is 0 Å². The molecule has 0 amide bonds. The number of hydrogen-bond donors (Lipinski definition) is 1. The van der Waals surface area contributed by atoms with Crippen LogP contribution in [0, 0.1) is 13.8 Å². The summed E-state index contributed by atoms with van der Waals surface area (Å²) in [5.74, 6) is 2.53. The fourth-order valence-corrected chi connectivity index (χ4v) is 4.62. The Morgan fingerprint density at radius 3 is 2.85 bits per heavy atom. The predicted molar refractivity (Wildman–Crippen MR) is 135 cm³/mol. The largest absolute Gasteiger partial charge is 0.494 e. The van der Waals surface area contributed by atoms with Gasteiger partial charge in [-0.25, -0.2) is 4.98 Å². The number of hydrogen-bond acceptors (Lipinski definition) is 5. The molecule has 1 aliphatic rings. The summed E-state index contributed by atoms with van der Waals surface area (Å²) in [5, 5.41) is 11.8. The number of rotatable bonds is 10. The number of aromatic nitrogens is 2. The van der Waals surface area contributed by atoms with Crippen molar-refractivity contribution in [3.8, 4) is 11.5 Å². The second-order valence-corrected chi connectivity index (χ2v) is 9.69. The van der Waals surface area contributed by atoms with Crippen LogP contribution in [0.5, 0.6) is 11.5 Å². The molecule has 2 heterocycles. The number of β-amino-alcohol motifs (C(OH)–C–C–N with tert-alkyl or cyclic N) is 1. The number of aryl methyl sites for hydroxylation is 3. The standard InChI is InChI=1S/C27H34ClN3O3/c1-21-8-9-25(28)26(16-21)34-20-27(32)10-4-12-30(19-27)18-23-6-3-7-24(17-23)33-15-5-13-31-14-11-29-22(31)2/h3,6-9,11,14,16-17,32H,4-5,10,12-13,15,18-20H2,1-2H3/t27-/m1/s1. The van der Waals surface area contributed by atoms with Gasteiger partial charge in [0.05, 0.1) is 11.6 Å². The first kappa shape index (κ1) is 24.6. The lowest BCUT2D eigenvalue weighted by atomic mass is 9.93. The molecule has 6 nitrogen and oxygen atoms in total. The Morgan fingerprint density at radius 2 is 2.03 bits per heavy atom. The fourth-order valence-electron chi connectivity index (χ4n) is 4.45. The minimum absolute atomic E-state index is 0.228. The third-order valence-electron chi connectivity index (χ3n) is 6.26. The molecule has 3 aromatic rings. The SMILES string of the molecule is Cc1ccc(Cl)c(OC[C@@]2(O)CCCN(Cc3cccc(OCCCn4ccnc4C)c3)C2)c1. The zero-order chi connectivity index (χ0) is 24.0. The lowest BCUT2D eigenvalue weighted by molar-refractivity contribution is -0.0621. The van der Waals surface area contributed by atoms with E-state index >= 15 is 0 Å². The topological polar surface area (TPSA) is 59.8 Å². The lowest BCUT2D eigenvalue weighted by Gasteiger charge is -2.39. The molecule has 1 atom stereocenters. The number of aliphatic hydroxyl groups is 1. The molecule has 0 unspecified atom stereocenters. The van der Waals surface area contributed by atoms with E-state index in [0.717, 1.165) is 49.6 Å². The Labute approximate surface area is 207 Å². The van der Waals surface area contributed by atoms with Gasteiger partial charge in [-0.1, -0.05) is 29.8 Å². The first-order valence-corrected chi connectivity index (χ1v) is 12.3. The molecule has 7 heteroatoms. The molecule has 0 spiro atoms. The van der Waals surface area contributed by atoms with E-state index in [1.54, 1.807) is 0 Å². The lowest BCUT2D eigenvalue weighted by Crippen LogP contribution is -2.51. The van der Waals surface area contributed by atoms with E-state index in [4.69, 9.17) is 21.1 Å². The normalized spacial score (nSPS) is 18.7. The Balaban J connectivity index is 1.27. The third kappa shape index (κ3) is 6.75. The maximum absolute atomic E-state index is 11.2. The number of halogens is 1. The van der Waals surface area contributed by atoms with Crippen molar-refractivity contribution in [1.82, 2.24) is 14.5 Å². The van der Waals surface area contributed by atoms with Crippen LogP contribution in [0.15, 0.2) is 54.9 Å². The molecule has 0 saturated carbocycles. The highest BCUT2D eigenvalue weighted by molar-refractivity contribution is 6.32. The maximum atomic E-state index is 11.2. The molecule has 4 rings (SSSR count). The molecule has 182 valence electrons. The predicted octanol–water partition coefficient (Wildman–Crippen LogP) is 5.03. The second-order valence-electron chi connectivity index (χ2n) is 9.28. The molecule has 0 aliphatic carbocycles. The van der Waals surface area contributed by atoms with Crippen LogP contribution >= 0.6 is 11.6 Å². The average Bonchev–Trinajstić information content (AvgIpc) is 3.22. The van der Waals surface area contributed by atoms with Crippen LogP contribution in [-0.4, -0.2) is 51.5 Å². The summed E-state index contributed by atoms with van der Waals surface area (Å²) in [5.41, 5.74) is 1.36. The van der Waals surface area contributed by atoms with Gasteiger partial charge in [0.15, 0.2) is 0 Å². The van der Waals surface area contributed by atoms with E-state index < -0.39 is 5.60 Å². The molecule has 34 heavy (non-hydrogen) atoms. The van der Waals surface area contributed by atoms with Crippen molar-refractivity contribution in [2.75, 3.05) is 26.3 Å². The smallest absolute Gasteiger partial charge is 0.138 e. The number of ether oxygens (including phenoxy) is 2. The van der Waals surface area contributed by atoms with E-state index in [1.165, 1.54) is 5.56 Å². The monoisotopic (exact) mass is 483 g/mol. The molecular weight excluding hydrogens is 450 g/mol. The Hall–Kier alpha value is -2.54. The van der Waals surface area contributed by atoms with Gasteiger partial charge < -0.3 is 19.1 Å². The first-order valence-electron chi connectivity index (χ1n) is 11.9. The number of benzene rings is 2. The first-order chi connectivity index (χ1) is 16.4. The van der Waals surface area contributed by atoms with Gasteiger partial charge >= 0.3 is 0 Å². The van der Waals surface area contributed by atoms with Crippen LogP contribution < -0.4 is 9.47 Å². The number of imidazole rings is 1. The quantitative estimate of drug-likeness (QED) is 0.410. The van der Waals surface area contributed by atoms with Crippen LogP contribution in [-0.2, 0) is 13.1 Å². The van der Waals surface area contributed by atoms with Crippen LogP contribution in [0.3, 0.4) is 0 Å². The molecule has 1 aliphatic heterocycles. The van der Waals surface area contributed by atoms with Gasteiger partial charge in [0, 0.05) is 32.0 Å². The van der Waals surface area contributed by atoms with E-state index in [1.807, 2.05) is 56.6 Å². The fraction of sp³-hybridized carbons (Fsp3) is 0.444. The molecule has 1 saturated heterocycles. The average molecular weight is 484 g/mol. The van der Waals surface area contributed by atoms with Gasteiger partial charge in [-0.2, -0.15) is 0 Å². The van der Waals surface area contributed by atoms with E-state index in [0.29, 0.717) is 30.3 Å². The Bertz CT molecular complexity index is 1090. The molecule has 0 radical (unpaired) electrons. The zero-order valence-electron chi connectivity index (χ0n) is 20.0. The van der Waals surface area contributed by atoms with Crippen molar-refractivity contribution < 1.29 is 14.6 Å². The second kappa shape index (κ2) is 11.3. The number of nitrogens with zero attached hydrogens (tertiary/aromatic N) is 3. The maximum Gasteiger partial charge on any atom is 0.138 e. The van der Waals surface area contributed by atoms with Crippen molar-refractivity contribution in [3.05, 3.63) is 76.8 Å². The molecule has 1 fully saturated rings. The van der Waals surface area contributed by atoms with Gasteiger partial charge in [-0.05, 0) is 75.0 Å². The summed E-state index contributed by atoms with van der Waals surface area (Å²) < 4.78 is 14.1. The third-order valence-corrected chi connectivity index (χ3v) is 6.57. The highest BCUT2D eigenvalue weighted by Gasteiger charge is 2.34. The van der Waals surface area contributed by atoms with Gasteiger partial charge in [-0.3, -0.25) is 4.90 Å². The highest BCUT2D eigenvalue weighted by Crippen LogP contribution is 2.29. The van der Waals surface area contributed by atoms with E-state index in [2.05, 4.69) is 26.6 Å². The van der Waals surface area contributed by atoms with E-state index in [9.17, 15) is 5.11 Å². The number of likely N-dealkylation sites (tertiary alicyclic amines) is 1. The zero-order valence-corrected chi connectivity index (χ0v) is 20.8. The van der Waals surface area contributed by atoms with Crippen LogP contribution in [0.2, 0.25) is 5.02 Å². The summed E-state index contributed by atoms with van der Waals surface area (Å²) in [4.78, 5) is 6.53. The van der Waals surface area contributed by atoms with Crippen molar-refractivity contribution >= 4 is 11.6 Å². The highest BCUT2D eigenvalue weighted by atomic mass is 35.5. The summed E-state index contributed by atoms with van der Waals surface area (Å²) in [6.45, 7) is 8.06. The van der Waals surface area contributed by atoms with Gasteiger partial charge in [0.2, 0.25) is 0 Å². The molecular formula is C27H34ClN3O3. The van der Waals surface area contributed by atoms with Gasteiger partial charge in [-0.15, -0.1) is 0 Å². The van der Waals surface area contributed by atoms with Crippen molar-refractivity contribution in [3.63, 3.8) is 0 Å². The van der Waals surface area contributed by atoms with Crippen LogP contribution in [0.4, 0.5) is 0 Å². The van der Waals surface area contributed by atoms with Crippen molar-refractivity contribution in [2.45, 2.75) is 51.8 Å². The van der Waals surface area contributed by atoms with E-state index in [-0.39, 0.29) is 6.61 Å². The Kier molecular flexibility index (Phi) is 8.14. The summed E-state index contributed by atoms with van der Waals surface area (Å²) >= 11 is 6.26. The Morgan fingerprint density at radius 1 is 1.15 bits per heavy atom. The molecule has 1 N–H and O–H groups in total. The van der Waals surface area contributed by atoms with Crippen molar-refractivity contribution in [1.29, 1.82) is 0 Å². The van der Waals surface area contributed by atoms with Gasteiger partial charge in [0.25, 0.3) is 0 Å². The van der Waals surface area contributed by atoms with Crippen LogP contribution in [0.1, 0.15) is 36.2 Å². The minimum atomic E-state index is -0.898. The summed E-state index contributed by atoms with van der Waals surface area (Å²) in [7, 11) is 0. The molecule has 1 aromatic heterocycles.